The third kappa shape index (κ3) is 3.60. The summed E-state index contributed by atoms with van der Waals surface area (Å²) in [6, 6.07) is 10.2. The summed E-state index contributed by atoms with van der Waals surface area (Å²) in [5, 5.41) is 4.92. The van der Waals surface area contributed by atoms with Crippen LogP contribution in [0.4, 0.5) is 20.2 Å². The summed E-state index contributed by atoms with van der Waals surface area (Å²) < 4.78 is 32.3. The minimum Gasteiger partial charge on any atom is -0.495 e. The quantitative estimate of drug-likeness (QED) is 0.874. The van der Waals surface area contributed by atoms with Crippen LogP contribution >= 0.6 is 0 Å². The van der Waals surface area contributed by atoms with Crippen LogP contribution < -0.4 is 15.4 Å². The van der Waals surface area contributed by atoms with E-state index in [1.165, 1.54) is 13.2 Å². The first-order chi connectivity index (χ1) is 12.0. The van der Waals surface area contributed by atoms with Crippen molar-refractivity contribution in [3.63, 3.8) is 0 Å². The molecule has 7 heteroatoms. The molecule has 2 unspecified atom stereocenters. The first kappa shape index (κ1) is 16.9. The van der Waals surface area contributed by atoms with Crippen molar-refractivity contribution in [2.45, 2.75) is 6.42 Å². The zero-order valence-electron chi connectivity index (χ0n) is 13.4. The average Bonchev–Trinajstić information content (AvgIpc) is 3.39. The van der Waals surface area contributed by atoms with Gasteiger partial charge >= 0.3 is 0 Å². The van der Waals surface area contributed by atoms with Gasteiger partial charge in [-0.15, -0.1) is 0 Å². The van der Waals surface area contributed by atoms with E-state index in [0.29, 0.717) is 17.9 Å². The Bertz CT molecular complexity index is 805. The van der Waals surface area contributed by atoms with Crippen molar-refractivity contribution < 1.29 is 23.1 Å². The fourth-order valence-electron chi connectivity index (χ4n) is 2.58. The van der Waals surface area contributed by atoms with E-state index >= 15 is 0 Å². The third-order valence-electron chi connectivity index (χ3n) is 4.04. The lowest BCUT2D eigenvalue weighted by molar-refractivity contribution is -0.122. The van der Waals surface area contributed by atoms with Gasteiger partial charge in [0.05, 0.1) is 24.6 Å². The van der Waals surface area contributed by atoms with E-state index in [9.17, 15) is 18.4 Å². The molecule has 0 saturated heterocycles. The van der Waals surface area contributed by atoms with Crippen molar-refractivity contribution in [3.8, 4) is 5.75 Å². The highest BCUT2D eigenvalue weighted by Crippen LogP contribution is 2.41. The van der Waals surface area contributed by atoms with E-state index in [-0.39, 0.29) is 5.91 Å². The molecule has 1 aliphatic carbocycles. The van der Waals surface area contributed by atoms with Gasteiger partial charge in [-0.1, -0.05) is 18.2 Å². The largest absolute Gasteiger partial charge is 0.495 e. The number of halogens is 2. The van der Waals surface area contributed by atoms with Crippen molar-refractivity contribution in [1.82, 2.24) is 0 Å². The molecule has 25 heavy (non-hydrogen) atoms. The molecule has 0 heterocycles. The summed E-state index contributed by atoms with van der Waals surface area (Å²) in [7, 11) is 1.49. The molecule has 2 N–H and O–H groups in total. The monoisotopic (exact) mass is 346 g/mol. The molecule has 0 spiro atoms. The van der Waals surface area contributed by atoms with Gasteiger partial charge in [-0.05, 0) is 30.7 Å². The van der Waals surface area contributed by atoms with E-state index in [2.05, 4.69) is 10.6 Å². The lowest BCUT2D eigenvalue weighted by Crippen LogP contribution is -2.21. The Morgan fingerprint density at radius 2 is 1.56 bits per heavy atom. The first-order valence-electron chi connectivity index (χ1n) is 7.70. The zero-order valence-corrected chi connectivity index (χ0v) is 13.4. The zero-order chi connectivity index (χ0) is 18.0. The maximum atomic E-state index is 13.6. The number of para-hydroxylation sites is 3. The number of methoxy groups -OCH3 is 1. The van der Waals surface area contributed by atoms with Crippen LogP contribution in [0.5, 0.6) is 5.75 Å². The summed E-state index contributed by atoms with van der Waals surface area (Å²) in [5.41, 5.74) is 0.00416. The van der Waals surface area contributed by atoms with Crippen LogP contribution in [0, 0.1) is 23.5 Å². The molecule has 1 aliphatic rings. The van der Waals surface area contributed by atoms with E-state index < -0.39 is 35.1 Å². The first-order valence-corrected chi connectivity index (χ1v) is 7.70. The Balaban J connectivity index is 1.62. The Hall–Kier alpha value is -2.96. The number of nitrogens with one attached hydrogen (secondary N) is 2. The molecule has 2 aromatic rings. The molecule has 2 atom stereocenters. The molecule has 0 aromatic heterocycles. The number of carbonyl (C=O) groups is 2. The number of rotatable bonds is 5. The molecule has 0 radical (unpaired) electrons. The molecule has 1 saturated carbocycles. The second-order valence-electron chi connectivity index (χ2n) is 5.72. The molecule has 1 fully saturated rings. The number of anilines is 2. The van der Waals surface area contributed by atoms with Gasteiger partial charge in [0.15, 0.2) is 0 Å². The molecular weight excluding hydrogens is 330 g/mol. The summed E-state index contributed by atoms with van der Waals surface area (Å²) in [6.07, 6.45) is 0.322. The minimum absolute atomic E-state index is 0.322. The predicted octanol–water partition coefficient (Wildman–Crippen LogP) is 3.19. The molecule has 2 aromatic carbocycles. The van der Waals surface area contributed by atoms with Gasteiger partial charge in [0.1, 0.15) is 23.1 Å². The van der Waals surface area contributed by atoms with Crippen LogP contribution in [0.1, 0.15) is 6.42 Å². The fourth-order valence-corrected chi connectivity index (χ4v) is 2.58. The highest BCUT2D eigenvalue weighted by molar-refractivity contribution is 6.03. The van der Waals surface area contributed by atoms with Crippen LogP contribution in [0.2, 0.25) is 0 Å². The van der Waals surface area contributed by atoms with E-state index in [0.717, 1.165) is 12.1 Å². The van der Waals surface area contributed by atoms with Gasteiger partial charge in [0.2, 0.25) is 11.8 Å². The van der Waals surface area contributed by atoms with Crippen LogP contribution in [0.15, 0.2) is 42.5 Å². The molecule has 2 amide bonds. The van der Waals surface area contributed by atoms with Gasteiger partial charge in [-0.2, -0.15) is 0 Å². The van der Waals surface area contributed by atoms with Crippen LogP contribution in [0.25, 0.3) is 0 Å². The van der Waals surface area contributed by atoms with Crippen LogP contribution in [0.3, 0.4) is 0 Å². The van der Waals surface area contributed by atoms with Crippen LogP contribution in [-0.4, -0.2) is 18.9 Å². The Labute approximate surface area is 143 Å². The number of amides is 2. The summed E-state index contributed by atoms with van der Waals surface area (Å²) >= 11 is 0. The van der Waals surface area contributed by atoms with Crippen molar-refractivity contribution in [2.24, 2.45) is 11.8 Å². The molecular formula is C18H16F2N2O3. The van der Waals surface area contributed by atoms with Crippen LogP contribution in [-0.2, 0) is 9.59 Å². The SMILES string of the molecule is COc1ccccc1NC(=O)C1CC1C(=O)Nc1c(F)cccc1F. The number of benzene rings is 2. The van der Waals surface area contributed by atoms with Gasteiger partial charge in [-0.25, -0.2) is 8.78 Å². The summed E-state index contributed by atoms with van der Waals surface area (Å²) in [5.74, 6) is -3.28. The fraction of sp³-hybridized carbons (Fsp3) is 0.222. The van der Waals surface area contributed by atoms with Gasteiger partial charge in [0.25, 0.3) is 0 Å². The van der Waals surface area contributed by atoms with Crippen molar-refractivity contribution >= 4 is 23.2 Å². The lowest BCUT2D eigenvalue weighted by atomic mass is 10.2. The normalized spacial score (nSPS) is 18.4. The maximum absolute atomic E-state index is 13.6. The average molecular weight is 346 g/mol. The van der Waals surface area contributed by atoms with Gasteiger partial charge < -0.3 is 15.4 Å². The van der Waals surface area contributed by atoms with Crippen molar-refractivity contribution in [2.75, 3.05) is 17.7 Å². The van der Waals surface area contributed by atoms with Gasteiger partial charge in [0, 0.05) is 0 Å². The Kier molecular flexibility index (Phi) is 4.65. The number of hydrogen-bond acceptors (Lipinski definition) is 3. The molecule has 5 nitrogen and oxygen atoms in total. The predicted molar refractivity (Wildman–Crippen MR) is 88.2 cm³/mol. The standard InChI is InChI=1S/C18H16F2N2O3/c1-25-15-8-3-2-7-14(15)21-17(23)10-9-11(10)18(24)22-16-12(19)5-4-6-13(16)20/h2-8,10-11H,9H2,1H3,(H,21,23)(H,22,24). The summed E-state index contributed by atoms with van der Waals surface area (Å²) in [6.45, 7) is 0. The van der Waals surface area contributed by atoms with E-state index in [1.807, 2.05) is 0 Å². The lowest BCUT2D eigenvalue weighted by Gasteiger charge is -2.10. The van der Waals surface area contributed by atoms with Crippen molar-refractivity contribution in [3.05, 3.63) is 54.1 Å². The Morgan fingerprint density at radius 3 is 2.20 bits per heavy atom. The number of hydrogen-bond donors (Lipinski definition) is 2. The molecule has 0 bridgehead atoms. The second kappa shape index (κ2) is 6.88. The van der Waals surface area contributed by atoms with E-state index in [1.54, 1.807) is 24.3 Å². The minimum atomic E-state index is -0.857. The Morgan fingerprint density at radius 1 is 0.960 bits per heavy atom. The highest BCUT2D eigenvalue weighted by Gasteiger charge is 2.48. The number of carbonyl (C=O) groups excluding carboxylic acids is 2. The van der Waals surface area contributed by atoms with Crippen molar-refractivity contribution in [1.29, 1.82) is 0 Å². The maximum Gasteiger partial charge on any atom is 0.228 e. The topological polar surface area (TPSA) is 67.4 Å². The molecule has 3 rings (SSSR count). The smallest absolute Gasteiger partial charge is 0.228 e. The molecule has 130 valence electrons. The van der Waals surface area contributed by atoms with Gasteiger partial charge in [-0.3, -0.25) is 9.59 Å². The van der Waals surface area contributed by atoms with E-state index in [4.69, 9.17) is 4.74 Å². The third-order valence-corrected chi connectivity index (χ3v) is 4.04. The highest BCUT2D eigenvalue weighted by atomic mass is 19.1. The molecule has 0 aliphatic heterocycles. The number of ether oxygens (including phenoxy) is 1. The second-order valence-corrected chi connectivity index (χ2v) is 5.72. The summed E-state index contributed by atoms with van der Waals surface area (Å²) in [4.78, 5) is 24.4.